The van der Waals surface area contributed by atoms with Gasteiger partial charge in [0.1, 0.15) is 17.3 Å². The van der Waals surface area contributed by atoms with E-state index in [1.165, 1.54) is 13.0 Å². The monoisotopic (exact) mass is 561 g/mol. The van der Waals surface area contributed by atoms with Crippen LogP contribution in [0.25, 0.3) is 10.8 Å². The fourth-order valence-corrected chi connectivity index (χ4v) is 4.45. The summed E-state index contributed by atoms with van der Waals surface area (Å²) in [6.07, 6.45) is -0.894. The number of carbonyl (C=O) groups excluding carboxylic acids is 1. The number of carbonyl (C=O) groups is 2. The van der Waals surface area contributed by atoms with Crippen LogP contribution in [0.15, 0.2) is 65.6 Å². The second-order valence-corrected chi connectivity index (χ2v) is 12.2. The maximum absolute atomic E-state index is 13.2. The number of rotatable bonds is 9. The lowest BCUT2D eigenvalue weighted by atomic mass is 10.0. The van der Waals surface area contributed by atoms with Gasteiger partial charge in [-0.3, -0.25) is 4.79 Å². The van der Waals surface area contributed by atoms with E-state index in [-0.39, 0.29) is 35.6 Å². The maximum Gasteiger partial charge on any atom is 0.328 e. The molecule has 208 valence electrons. The molecule has 0 aliphatic heterocycles. The predicted octanol–water partition coefficient (Wildman–Crippen LogP) is 7.46. The summed E-state index contributed by atoms with van der Waals surface area (Å²) in [6, 6.07) is 10.8. The van der Waals surface area contributed by atoms with Crippen molar-refractivity contribution in [2.24, 2.45) is 0 Å². The molecule has 0 fully saturated rings. The van der Waals surface area contributed by atoms with E-state index in [0.717, 1.165) is 12.1 Å². The summed E-state index contributed by atoms with van der Waals surface area (Å²) >= 11 is 0. The van der Waals surface area contributed by atoms with Crippen LogP contribution >= 0.6 is 10.2 Å². The van der Waals surface area contributed by atoms with E-state index in [1.807, 2.05) is 0 Å². The average molecular weight is 562 g/mol. The number of carboxylic acid groups (broad SMARTS) is 1. The van der Waals surface area contributed by atoms with E-state index in [9.17, 15) is 34.1 Å². The van der Waals surface area contributed by atoms with Gasteiger partial charge in [0, 0.05) is 5.39 Å². The molecule has 0 radical (unpaired) electrons. The van der Waals surface area contributed by atoms with Crippen LogP contribution in [0, 0.1) is 0 Å². The standard InChI is InChI=1S/C26H28F5NO5S/c1-16(37-26(2,3)4)22(25(34)35)32-24(33)21-14-11-18-7-5-6-8-20(18)23(21)36-15-17-9-12-19(13-10-17)38(27,28,29,30)31/h5-14,16,22H,15H2,1-4H3,(H,32,33)(H,34,35). The van der Waals surface area contributed by atoms with Gasteiger partial charge in [0.15, 0.2) is 6.04 Å². The minimum atomic E-state index is -9.82. The molecule has 0 heterocycles. The van der Waals surface area contributed by atoms with Crippen molar-refractivity contribution in [3.05, 3.63) is 71.8 Å². The molecule has 0 saturated carbocycles. The number of amides is 1. The Labute approximate surface area is 216 Å². The van der Waals surface area contributed by atoms with Crippen LogP contribution < -0.4 is 10.1 Å². The smallest absolute Gasteiger partial charge is 0.328 e. The van der Waals surface area contributed by atoms with Crippen molar-refractivity contribution in [1.29, 1.82) is 0 Å². The molecule has 3 aromatic rings. The van der Waals surface area contributed by atoms with Gasteiger partial charge in [-0.1, -0.05) is 61.9 Å². The Morgan fingerprint density at radius 3 is 2.11 bits per heavy atom. The van der Waals surface area contributed by atoms with Crippen LogP contribution in [0.4, 0.5) is 19.4 Å². The highest BCUT2D eigenvalue weighted by atomic mass is 32.5. The topological polar surface area (TPSA) is 84.9 Å². The summed E-state index contributed by atoms with van der Waals surface area (Å²) < 4.78 is 76.7. The highest BCUT2D eigenvalue weighted by Crippen LogP contribution is 3.02. The van der Waals surface area contributed by atoms with Crippen molar-refractivity contribution in [2.75, 3.05) is 0 Å². The van der Waals surface area contributed by atoms with Gasteiger partial charge in [0.05, 0.1) is 17.3 Å². The normalized spacial score (nSPS) is 15.7. The van der Waals surface area contributed by atoms with Gasteiger partial charge in [-0.15, -0.1) is 0 Å². The summed E-state index contributed by atoms with van der Waals surface area (Å²) in [4.78, 5) is 23.1. The molecule has 0 aliphatic carbocycles. The van der Waals surface area contributed by atoms with Gasteiger partial charge in [-0.25, -0.2) is 4.79 Å². The number of benzene rings is 3. The molecule has 0 bridgehead atoms. The largest absolute Gasteiger partial charge is 0.487 e. The Kier molecular flexibility index (Phi) is 7.23. The van der Waals surface area contributed by atoms with Crippen molar-refractivity contribution in [3.63, 3.8) is 0 Å². The molecule has 3 rings (SSSR count). The third kappa shape index (κ3) is 7.35. The van der Waals surface area contributed by atoms with Crippen molar-refractivity contribution >= 4 is 32.9 Å². The third-order valence-electron chi connectivity index (χ3n) is 5.44. The van der Waals surface area contributed by atoms with Crippen LogP contribution in [-0.2, 0) is 16.1 Å². The lowest BCUT2D eigenvalue weighted by molar-refractivity contribution is -0.146. The zero-order chi connectivity index (χ0) is 28.6. The van der Waals surface area contributed by atoms with Crippen LogP contribution in [0.3, 0.4) is 0 Å². The molecular weight excluding hydrogens is 533 g/mol. The molecule has 0 saturated heterocycles. The average Bonchev–Trinajstić information content (AvgIpc) is 2.78. The molecule has 2 N–H and O–H groups in total. The first-order valence-corrected chi connectivity index (χ1v) is 13.4. The van der Waals surface area contributed by atoms with E-state index in [4.69, 9.17) is 9.47 Å². The molecule has 0 aliphatic rings. The van der Waals surface area contributed by atoms with Gasteiger partial charge in [0.25, 0.3) is 5.91 Å². The number of hydrogen-bond acceptors (Lipinski definition) is 4. The lowest BCUT2D eigenvalue weighted by Crippen LogP contribution is -2.50. The van der Waals surface area contributed by atoms with Crippen LogP contribution in [0.2, 0.25) is 0 Å². The molecule has 2 unspecified atom stereocenters. The van der Waals surface area contributed by atoms with E-state index in [1.54, 1.807) is 51.1 Å². The quantitative estimate of drug-likeness (QED) is 0.265. The molecular formula is C26H28F5NO5S. The SMILES string of the molecule is CC(OC(C)(C)C)C(NC(=O)c1ccc2ccccc2c1OCc1ccc(S(F)(F)(F)(F)F)cc1)C(=O)O. The number of ether oxygens (including phenoxy) is 2. The van der Waals surface area contributed by atoms with E-state index >= 15 is 0 Å². The lowest BCUT2D eigenvalue weighted by Gasteiger charge is -2.40. The molecule has 2 atom stereocenters. The molecule has 0 aromatic heterocycles. The number of fused-ring (bicyclic) bond motifs is 1. The molecule has 0 spiro atoms. The van der Waals surface area contributed by atoms with Crippen LogP contribution in [0.5, 0.6) is 5.75 Å². The Balaban J connectivity index is 1.92. The number of nitrogens with one attached hydrogen (secondary N) is 1. The number of hydrogen-bond donors (Lipinski definition) is 2. The van der Waals surface area contributed by atoms with Crippen molar-refractivity contribution in [3.8, 4) is 5.75 Å². The minimum Gasteiger partial charge on any atom is -0.487 e. The Hall–Kier alpha value is -3.38. The summed E-state index contributed by atoms with van der Waals surface area (Å²) in [5, 5.41) is 13.3. The summed E-state index contributed by atoms with van der Waals surface area (Å²) in [5.41, 5.74) is -0.561. The van der Waals surface area contributed by atoms with E-state index < -0.39 is 44.7 Å². The summed E-state index contributed by atoms with van der Waals surface area (Å²) in [5.74, 6) is -2.05. The zero-order valence-electron chi connectivity index (χ0n) is 21.0. The highest BCUT2D eigenvalue weighted by molar-refractivity contribution is 8.45. The predicted molar refractivity (Wildman–Crippen MR) is 135 cm³/mol. The van der Waals surface area contributed by atoms with Gasteiger partial charge >= 0.3 is 16.2 Å². The summed E-state index contributed by atoms with van der Waals surface area (Å²) in [6.45, 7) is 6.38. The fourth-order valence-electron chi connectivity index (χ4n) is 3.80. The zero-order valence-corrected chi connectivity index (χ0v) is 21.8. The van der Waals surface area contributed by atoms with Crippen LogP contribution in [-0.4, -0.2) is 34.7 Å². The van der Waals surface area contributed by atoms with Crippen molar-refractivity contribution in [1.82, 2.24) is 5.32 Å². The van der Waals surface area contributed by atoms with E-state index in [0.29, 0.717) is 10.8 Å². The van der Waals surface area contributed by atoms with Gasteiger partial charge in [-0.2, -0.15) is 0 Å². The van der Waals surface area contributed by atoms with Gasteiger partial charge in [0.2, 0.25) is 0 Å². The molecule has 3 aromatic carbocycles. The third-order valence-corrected chi connectivity index (χ3v) is 6.60. The molecule has 12 heteroatoms. The summed E-state index contributed by atoms with van der Waals surface area (Å²) in [7, 11) is -9.82. The van der Waals surface area contributed by atoms with E-state index in [2.05, 4.69) is 5.32 Å². The number of carboxylic acids is 1. The minimum absolute atomic E-state index is 0.0264. The first-order valence-electron chi connectivity index (χ1n) is 11.4. The molecule has 38 heavy (non-hydrogen) atoms. The second-order valence-electron chi connectivity index (χ2n) is 9.79. The maximum atomic E-state index is 13.2. The Bertz CT molecular complexity index is 1360. The molecule has 6 nitrogen and oxygen atoms in total. The van der Waals surface area contributed by atoms with Crippen LogP contribution in [0.1, 0.15) is 43.6 Å². The second kappa shape index (κ2) is 9.42. The first-order chi connectivity index (χ1) is 17.2. The van der Waals surface area contributed by atoms with Gasteiger partial charge in [-0.05, 0) is 56.8 Å². The number of aliphatic carboxylic acids is 1. The Morgan fingerprint density at radius 2 is 1.55 bits per heavy atom. The first kappa shape index (κ1) is 29.2. The van der Waals surface area contributed by atoms with Gasteiger partial charge < -0.3 is 19.9 Å². The fraction of sp³-hybridized carbons (Fsp3) is 0.308. The Morgan fingerprint density at radius 1 is 0.947 bits per heavy atom. The highest BCUT2D eigenvalue weighted by Gasteiger charge is 2.65. The molecule has 1 amide bonds. The number of halogens is 5. The van der Waals surface area contributed by atoms with Crippen molar-refractivity contribution < 1.29 is 43.6 Å². The van der Waals surface area contributed by atoms with Crippen molar-refractivity contribution in [2.45, 2.75) is 56.9 Å².